The molecule has 0 amide bonds. The van der Waals surface area contributed by atoms with Crippen molar-refractivity contribution in [2.24, 2.45) is 4.99 Å². The molecule has 0 aliphatic heterocycles. The molecule has 0 bridgehead atoms. The second kappa shape index (κ2) is 10.5. The zero-order chi connectivity index (χ0) is 19.8. The van der Waals surface area contributed by atoms with Crippen molar-refractivity contribution in [3.05, 3.63) is 21.4 Å². The maximum atomic E-state index is 11.8. The summed E-state index contributed by atoms with van der Waals surface area (Å²) in [5.74, 6) is 0.0783. The van der Waals surface area contributed by atoms with Gasteiger partial charge in [0.05, 0.1) is 10.4 Å². The summed E-state index contributed by atoms with van der Waals surface area (Å²) in [6, 6.07) is 2.66. The van der Waals surface area contributed by atoms with Crippen LogP contribution in [0.15, 0.2) is 11.1 Å². The monoisotopic (exact) mass is 399 g/mol. The molecular weight excluding hydrogens is 366 g/mol. The largest absolute Gasteiger partial charge is 0.501 e. The summed E-state index contributed by atoms with van der Waals surface area (Å²) in [6.07, 6.45) is 2.62. The quantitative estimate of drug-likeness (QED) is 0.306. The van der Waals surface area contributed by atoms with E-state index >= 15 is 0 Å². The van der Waals surface area contributed by atoms with Crippen LogP contribution >= 0.6 is 11.3 Å². The van der Waals surface area contributed by atoms with Crippen molar-refractivity contribution in [3.8, 4) is 0 Å². The lowest BCUT2D eigenvalue weighted by atomic mass is 10.1. The Morgan fingerprint density at radius 2 is 1.69 bits per heavy atom. The van der Waals surface area contributed by atoms with Crippen molar-refractivity contribution in [1.82, 2.24) is 0 Å². The Morgan fingerprint density at radius 3 is 2.12 bits per heavy atom. The molecule has 1 rings (SSSR count). The second-order valence-electron chi connectivity index (χ2n) is 6.97. The average molecular weight is 400 g/mol. The van der Waals surface area contributed by atoms with Gasteiger partial charge in [0.2, 0.25) is 0 Å². The Bertz CT molecular complexity index is 590. The van der Waals surface area contributed by atoms with E-state index in [-0.39, 0.29) is 11.3 Å². The number of ketones is 1. The lowest BCUT2D eigenvalue weighted by molar-refractivity contribution is 0.0714. The van der Waals surface area contributed by atoms with E-state index in [4.69, 9.17) is 13.3 Å². The van der Waals surface area contributed by atoms with Gasteiger partial charge in [-0.3, -0.25) is 9.79 Å². The topological polar surface area (TPSA) is 57.1 Å². The van der Waals surface area contributed by atoms with Crippen LogP contribution in [0.25, 0.3) is 0 Å². The third-order valence-corrected chi connectivity index (χ3v) is 7.81. The summed E-state index contributed by atoms with van der Waals surface area (Å²) in [6.45, 7) is 15.3. The first-order chi connectivity index (χ1) is 12.2. The number of aliphatic imine (C=N–C) groups is 1. The van der Waals surface area contributed by atoms with E-state index in [0.717, 1.165) is 21.7 Å². The minimum Gasteiger partial charge on any atom is -0.374 e. The molecule has 0 radical (unpaired) electrons. The number of hydrogen-bond acceptors (Lipinski definition) is 6. The van der Waals surface area contributed by atoms with Gasteiger partial charge in [0.1, 0.15) is 0 Å². The Kier molecular flexibility index (Phi) is 9.33. The van der Waals surface area contributed by atoms with Crippen molar-refractivity contribution in [2.45, 2.75) is 66.5 Å². The average Bonchev–Trinajstić information content (AvgIpc) is 2.95. The lowest BCUT2D eigenvalue weighted by Crippen LogP contribution is -2.46. The number of carbonyl (C=O) groups is 1. The molecule has 0 aliphatic rings. The van der Waals surface area contributed by atoms with Crippen LogP contribution in [0.3, 0.4) is 0 Å². The lowest BCUT2D eigenvalue weighted by Gasteiger charge is -2.28. The number of thiophene rings is 1. The summed E-state index contributed by atoms with van der Waals surface area (Å²) in [5.41, 5.74) is 0.946. The van der Waals surface area contributed by atoms with E-state index < -0.39 is 8.80 Å². The zero-order valence-electron chi connectivity index (χ0n) is 17.2. The highest BCUT2D eigenvalue weighted by Gasteiger charge is 2.40. The van der Waals surface area contributed by atoms with Gasteiger partial charge in [-0.2, -0.15) is 0 Å². The summed E-state index contributed by atoms with van der Waals surface area (Å²) >= 11 is 1.49. The van der Waals surface area contributed by atoms with Crippen LogP contribution in [-0.4, -0.2) is 46.2 Å². The molecule has 0 aromatic carbocycles. The highest BCUT2D eigenvalue weighted by Crippen LogP contribution is 2.27. The molecule has 148 valence electrons. The highest BCUT2D eigenvalue weighted by molar-refractivity contribution is 7.15. The van der Waals surface area contributed by atoms with Gasteiger partial charge in [0.25, 0.3) is 0 Å². The normalized spacial score (nSPS) is 12.9. The molecule has 0 spiro atoms. The standard InChI is InChI=1S/C19H33NO4SSi/c1-8-22-26(23-9-2,24-10-3)12-11-16-13-17(15(4)21)25-18(16)14-20-19(5,6)7/h13-14H,8-12H2,1-7H3. The fraction of sp³-hybridized carbons (Fsp3) is 0.684. The molecule has 0 aliphatic carbocycles. The van der Waals surface area contributed by atoms with Crippen LogP contribution in [-0.2, 0) is 19.7 Å². The zero-order valence-corrected chi connectivity index (χ0v) is 19.0. The molecule has 1 aromatic heterocycles. The molecule has 0 atom stereocenters. The summed E-state index contributed by atoms with van der Waals surface area (Å²) in [4.78, 5) is 18.2. The Hall–Kier alpha value is -0.863. The molecule has 7 heteroatoms. The Morgan fingerprint density at radius 1 is 1.15 bits per heavy atom. The molecule has 0 saturated carbocycles. The van der Waals surface area contributed by atoms with Gasteiger partial charge in [-0.05, 0) is 66.5 Å². The van der Waals surface area contributed by atoms with Gasteiger partial charge in [0.15, 0.2) is 5.78 Å². The summed E-state index contributed by atoms with van der Waals surface area (Å²) < 4.78 is 17.8. The number of hydrogen-bond donors (Lipinski definition) is 0. The Balaban J connectivity index is 3.08. The van der Waals surface area contributed by atoms with Gasteiger partial charge in [0, 0.05) is 37.0 Å². The minimum atomic E-state index is -2.70. The van der Waals surface area contributed by atoms with E-state index in [2.05, 4.69) is 25.8 Å². The second-order valence-corrected chi connectivity index (χ2v) is 10.8. The first-order valence-electron chi connectivity index (χ1n) is 9.27. The maximum absolute atomic E-state index is 11.8. The summed E-state index contributed by atoms with van der Waals surface area (Å²) in [5, 5.41) is 0. The van der Waals surface area contributed by atoms with Crippen molar-refractivity contribution in [2.75, 3.05) is 19.8 Å². The van der Waals surface area contributed by atoms with Gasteiger partial charge >= 0.3 is 8.80 Å². The van der Waals surface area contributed by atoms with E-state index in [1.807, 2.05) is 33.1 Å². The van der Waals surface area contributed by atoms with Crippen LogP contribution in [0.4, 0.5) is 0 Å². The highest BCUT2D eigenvalue weighted by atomic mass is 32.1. The smallest absolute Gasteiger partial charge is 0.374 e. The molecule has 1 aromatic rings. The third-order valence-electron chi connectivity index (χ3n) is 3.55. The fourth-order valence-corrected chi connectivity index (χ4v) is 6.02. The number of carbonyl (C=O) groups excluding carboxylic acids is 1. The number of nitrogens with zero attached hydrogens (tertiary/aromatic N) is 1. The van der Waals surface area contributed by atoms with Crippen LogP contribution < -0.4 is 0 Å². The van der Waals surface area contributed by atoms with Gasteiger partial charge in [-0.15, -0.1) is 11.3 Å². The van der Waals surface area contributed by atoms with Crippen LogP contribution in [0, 0.1) is 0 Å². The molecule has 0 N–H and O–H groups in total. The molecule has 5 nitrogen and oxygen atoms in total. The Labute approximate surface area is 163 Å². The van der Waals surface area contributed by atoms with E-state index in [9.17, 15) is 4.79 Å². The van der Waals surface area contributed by atoms with Crippen molar-refractivity contribution < 1.29 is 18.1 Å². The molecule has 1 heterocycles. The fourth-order valence-electron chi connectivity index (χ4n) is 2.46. The van der Waals surface area contributed by atoms with Gasteiger partial charge in [-0.25, -0.2) is 0 Å². The van der Waals surface area contributed by atoms with Crippen molar-refractivity contribution in [3.63, 3.8) is 0 Å². The SMILES string of the molecule is CCO[Si](CCc1cc(C(C)=O)sc1C=NC(C)(C)C)(OCC)OCC. The van der Waals surface area contributed by atoms with Crippen molar-refractivity contribution in [1.29, 1.82) is 0 Å². The maximum Gasteiger partial charge on any atom is 0.501 e. The number of aryl methyl sites for hydroxylation is 1. The van der Waals surface area contributed by atoms with Crippen LogP contribution in [0.5, 0.6) is 0 Å². The van der Waals surface area contributed by atoms with Crippen LogP contribution in [0.1, 0.15) is 68.6 Å². The number of Topliss-reactive ketones (excluding diaryl/α,β-unsaturated/α-hetero) is 1. The van der Waals surface area contributed by atoms with Crippen molar-refractivity contribution >= 4 is 32.1 Å². The molecule has 0 fully saturated rings. The summed E-state index contributed by atoms with van der Waals surface area (Å²) in [7, 11) is -2.70. The van der Waals surface area contributed by atoms with Gasteiger partial charge in [-0.1, -0.05) is 0 Å². The molecular formula is C19H33NO4SSi. The van der Waals surface area contributed by atoms with Crippen LogP contribution in [0.2, 0.25) is 6.04 Å². The third kappa shape index (κ3) is 7.40. The van der Waals surface area contributed by atoms with E-state index in [0.29, 0.717) is 25.9 Å². The first kappa shape index (κ1) is 23.2. The molecule has 0 unspecified atom stereocenters. The van der Waals surface area contributed by atoms with Gasteiger partial charge < -0.3 is 13.3 Å². The predicted molar refractivity (Wildman–Crippen MR) is 111 cm³/mol. The minimum absolute atomic E-state index is 0.0783. The predicted octanol–water partition coefficient (Wildman–Crippen LogP) is 4.76. The molecule has 26 heavy (non-hydrogen) atoms. The first-order valence-corrected chi connectivity index (χ1v) is 12.0. The van der Waals surface area contributed by atoms with E-state index in [1.165, 1.54) is 11.3 Å². The number of rotatable bonds is 11. The van der Waals surface area contributed by atoms with E-state index in [1.54, 1.807) is 6.92 Å². The molecule has 0 saturated heterocycles.